The van der Waals surface area contributed by atoms with Gasteiger partial charge in [0.2, 0.25) is 0 Å². The molecule has 0 radical (unpaired) electrons. The van der Waals surface area contributed by atoms with Gasteiger partial charge in [-0.3, -0.25) is 4.79 Å². The SMILES string of the molecule is C=CCC(O)(C(C)=O)c1ccccc1. The molecular formula is C12H14O2. The lowest BCUT2D eigenvalue weighted by Crippen LogP contribution is -2.33. The number of hydrogen-bond donors (Lipinski definition) is 1. The fourth-order valence-electron chi connectivity index (χ4n) is 1.39. The van der Waals surface area contributed by atoms with E-state index in [9.17, 15) is 9.90 Å². The number of carbonyl (C=O) groups is 1. The van der Waals surface area contributed by atoms with Crippen molar-refractivity contribution in [3.05, 3.63) is 48.6 Å². The first kappa shape index (κ1) is 10.7. The van der Waals surface area contributed by atoms with E-state index in [4.69, 9.17) is 0 Å². The lowest BCUT2D eigenvalue weighted by molar-refractivity contribution is -0.135. The lowest BCUT2D eigenvalue weighted by atomic mass is 9.87. The third kappa shape index (κ3) is 1.91. The van der Waals surface area contributed by atoms with Crippen LogP contribution in [-0.4, -0.2) is 10.9 Å². The molecule has 1 atom stereocenters. The molecule has 0 bridgehead atoms. The van der Waals surface area contributed by atoms with E-state index in [1.54, 1.807) is 30.3 Å². The van der Waals surface area contributed by atoms with E-state index in [0.717, 1.165) is 0 Å². The summed E-state index contributed by atoms with van der Waals surface area (Å²) in [7, 11) is 0. The Kier molecular flexibility index (Phi) is 3.20. The maximum Gasteiger partial charge on any atom is 0.166 e. The van der Waals surface area contributed by atoms with Crippen molar-refractivity contribution in [2.45, 2.75) is 18.9 Å². The summed E-state index contributed by atoms with van der Waals surface area (Å²) in [6, 6.07) is 8.92. The van der Waals surface area contributed by atoms with Crippen molar-refractivity contribution < 1.29 is 9.90 Å². The van der Waals surface area contributed by atoms with Gasteiger partial charge < -0.3 is 5.11 Å². The van der Waals surface area contributed by atoms with Crippen molar-refractivity contribution in [1.82, 2.24) is 0 Å². The minimum Gasteiger partial charge on any atom is -0.377 e. The van der Waals surface area contributed by atoms with E-state index in [0.29, 0.717) is 5.56 Å². The predicted molar refractivity (Wildman–Crippen MR) is 55.8 cm³/mol. The first-order valence-corrected chi connectivity index (χ1v) is 4.51. The molecule has 2 nitrogen and oxygen atoms in total. The van der Waals surface area contributed by atoms with Crippen LogP contribution >= 0.6 is 0 Å². The summed E-state index contributed by atoms with van der Waals surface area (Å²) in [6.07, 6.45) is 1.79. The second-order valence-electron chi connectivity index (χ2n) is 3.28. The first-order chi connectivity index (χ1) is 6.61. The minimum atomic E-state index is -1.41. The molecule has 74 valence electrons. The molecule has 0 heterocycles. The van der Waals surface area contributed by atoms with Gasteiger partial charge in [0.1, 0.15) is 0 Å². The van der Waals surface area contributed by atoms with Crippen LogP contribution in [0.2, 0.25) is 0 Å². The van der Waals surface area contributed by atoms with Gasteiger partial charge in [-0.15, -0.1) is 6.58 Å². The summed E-state index contributed by atoms with van der Waals surface area (Å²) in [6.45, 7) is 4.93. The van der Waals surface area contributed by atoms with Crippen molar-refractivity contribution in [3.8, 4) is 0 Å². The second kappa shape index (κ2) is 4.20. The Morgan fingerprint density at radius 2 is 2.07 bits per heavy atom. The zero-order chi connectivity index (χ0) is 10.6. The molecule has 1 aromatic rings. The highest BCUT2D eigenvalue weighted by molar-refractivity contribution is 5.86. The van der Waals surface area contributed by atoms with E-state index in [1.165, 1.54) is 6.92 Å². The van der Waals surface area contributed by atoms with Crippen LogP contribution in [0.1, 0.15) is 18.9 Å². The number of ketones is 1. The highest BCUT2D eigenvalue weighted by atomic mass is 16.3. The van der Waals surface area contributed by atoms with Crippen LogP contribution in [-0.2, 0) is 10.4 Å². The Morgan fingerprint density at radius 1 is 1.50 bits per heavy atom. The molecule has 1 unspecified atom stereocenters. The normalized spacial score (nSPS) is 14.4. The Hall–Kier alpha value is -1.41. The van der Waals surface area contributed by atoms with Crippen molar-refractivity contribution in [2.75, 3.05) is 0 Å². The molecule has 0 spiro atoms. The van der Waals surface area contributed by atoms with Gasteiger partial charge in [-0.2, -0.15) is 0 Å². The van der Waals surface area contributed by atoms with E-state index < -0.39 is 5.60 Å². The maximum absolute atomic E-state index is 11.4. The van der Waals surface area contributed by atoms with Gasteiger partial charge in [0, 0.05) is 6.42 Å². The molecule has 0 aromatic heterocycles. The number of carbonyl (C=O) groups excluding carboxylic acids is 1. The summed E-state index contributed by atoms with van der Waals surface area (Å²) >= 11 is 0. The van der Waals surface area contributed by atoms with Crippen molar-refractivity contribution in [2.24, 2.45) is 0 Å². The minimum absolute atomic E-state index is 0.242. The number of Topliss-reactive ketones (excluding diaryl/α,β-unsaturated/α-hetero) is 1. The second-order valence-corrected chi connectivity index (χ2v) is 3.28. The number of benzene rings is 1. The predicted octanol–water partition coefficient (Wildman–Crippen LogP) is 2.04. The smallest absolute Gasteiger partial charge is 0.166 e. The molecule has 1 aromatic carbocycles. The molecule has 0 aliphatic carbocycles. The molecule has 0 saturated carbocycles. The van der Waals surface area contributed by atoms with Crippen LogP contribution in [0.3, 0.4) is 0 Å². The molecule has 1 N–H and O–H groups in total. The van der Waals surface area contributed by atoms with Gasteiger partial charge in [0.05, 0.1) is 0 Å². The standard InChI is InChI=1S/C12H14O2/c1-3-9-12(14,10(2)13)11-7-5-4-6-8-11/h3-8,14H,1,9H2,2H3. The summed E-state index contributed by atoms with van der Waals surface area (Å²) in [5.74, 6) is -0.261. The Labute approximate surface area is 83.9 Å². The van der Waals surface area contributed by atoms with Crippen LogP contribution in [0.5, 0.6) is 0 Å². The van der Waals surface area contributed by atoms with E-state index in [-0.39, 0.29) is 12.2 Å². The third-order valence-corrected chi connectivity index (χ3v) is 2.27. The number of aliphatic hydroxyl groups is 1. The summed E-state index contributed by atoms with van der Waals surface area (Å²) in [5, 5.41) is 10.1. The third-order valence-electron chi connectivity index (χ3n) is 2.27. The lowest BCUT2D eigenvalue weighted by Gasteiger charge is -2.24. The van der Waals surface area contributed by atoms with E-state index in [1.807, 2.05) is 6.07 Å². The zero-order valence-corrected chi connectivity index (χ0v) is 8.23. The quantitative estimate of drug-likeness (QED) is 0.738. The Morgan fingerprint density at radius 3 is 2.50 bits per heavy atom. The molecule has 14 heavy (non-hydrogen) atoms. The van der Waals surface area contributed by atoms with Crippen molar-refractivity contribution in [1.29, 1.82) is 0 Å². The largest absolute Gasteiger partial charge is 0.377 e. The maximum atomic E-state index is 11.4. The summed E-state index contributed by atoms with van der Waals surface area (Å²) < 4.78 is 0. The topological polar surface area (TPSA) is 37.3 Å². The van der Waals surface area contributed by atoms with Gasteiger partial charge in [0.15, 0.2) is 11.4 Å². The molecule has 0 amide bonds. The highest BCUT2D eigenvalue weighted by Crippen LogP contribution is 2.26. The number of hydrogen-bond acceptors (Lipinski definition) is 2. The van der Waals surface area contributed by atoms with Gasteiger partial charge in [-0.05, 0) is 12.5 Å². The fourth-order valence-corrected chi connectivity index (χ4v) is 1.39. The van der Waals surface area contributed by atoms with Crippen LogP contribution in [0.25, 0.3) is 0 Å². The monoisotopic (exact) mass is 190 g/mol. The van der Waals surface area contributed by atoms with Crippen LogP contribution in [0.15, 0.2) is 43.0 Å². The molecule has 1 rings (SSSR count). The van der Waals surface area contributed by atoms with Crippen LogP contribution in [0.4, 0.5) is 0 Å². The van der Waals surface area contributed by atoms with Gasteiger partial charge in [-0.1, -0.05) is 36.4 Å². The van der Waals surface area contributed by atoms with Crippen molar-refractivity contribution in [3.63, 3.8) is 0 Å². The van der Waals surface area contributed by atoms with Gasteiger partial charge in [-0.25, -0.2) is 0 Å². The van der Waals surface area contributed by atoms with Crippen LogP contribution < -0.4 is 0 Å². The Bertz CT molecular complexity index is 329. The average Bonchev–Trinajstić information content (AvgIpc) is 2.19. The molecule has 0 fully saturated rings. The first-order valence-electron chi connectivity index (χ1n) is 4.51. The molecule has 0 aliphatic heterocycles. The molecule has 0 aliphatic rings. The summed E-state index contributed by atoms with van der Waals surface area (Å²) in [4.78, 5) is 11.4. The Balaban J connectivity index is 3.12. The zero-order valence-electron chi connectivity index (χ0n) is 8.23. The van der Waals surface area contributed by atoms with Crippen LogP contribution in [0, 0.1) is 0 Å². The molecule has 2 heteroatoms. The van der Waals surface area contributed by atoms with E-state index >= 15 is 0 Å². The highest BCUT2D eigenvalue weighted by Gasteiger charge is 2.32. The van der Waals surface area contributed by atoms with Crippen molar-refractivity contribution >= 4 is 5.78 Å². The number of rotatable bonds is 4. The van der Waals surface area contributed by atoms with Gasteiger partial charge >= 0.3 is 0 Å². The van der Waals surface area contributed by atoms with Gasteiger partial charge in [0.25, 0.3) is 0 Å². The van der Waals surface area contributed by atoms with E-state index in [2.05, 4.69) is 6.58 Å². The fraction of sp³-hybridized carbons (Fsp3) is 0.250. The average molecular weight is 190 g/mol. The molecular weight excluding hydrogens is 176 g/mol. The summed E-state index contributed by atoms with van der Waals surface area (Å²) in [5.41, 5.74) is -0.796. The molecule has 0 saturated heterocycles.